The second kappa shape index (κ2) is 7.68. The first-order valence-corrected chi connectivity index (χ1v) is 11.0. The fourth-order valence-electron chi connectivity index (χ4n) is 2.46. The molecule has 132 valence electrons. The number of hydrogen-bond donors (Lipinski definition) is 0. The lowest BCUT2D eigenvalue weighted by Gasteiger charge is -2.13. The van der Waals surface area contributed by atoms with Gasteiger partial charge in [-0.05, 0) is 30.2 Å². The number of allylic oxidation sites excluding steroid dienone is 3. The molecular weight excluding hydrogens is 378 g/mol. The molecular formula is C17H18ClN3O2S2. The maximum atomic E-state index is 12.8. The molecule has 0 aromatic carbocycles. The highest BCUT2D eigenvalue weighted by Crippen LogP contribution is 2.31. The molecule has 3 rings (SSSR count). The first-order chi connectivity index (χ1) is 11.9. The topological polar surface area (TPSA) is 64.4 Å². The van der Waals surface area contributed by atoms with Crippen molar-refractivity contribution in [3.8, 4) is 0 Å². The lowest BCUT2D eigenvalue weighted by Crippen LogP contribution is -2.01. The van der Waals surface area contributed by atoms with Crippen LogP contribution in [0.15, 0.2) is 52.1 Å². The lowest BCUT2D eigenvalue weighted by atomic mass is 9.97. The van der Waals surface area contributed by atoms with E-state index in [1.165, 1.54) is 11.3 Å². The highest BCUT2D eigenvalue weighted by molar-refractivity contribution is 7.92. The van der Waals surface area contributed by atoms with Crippen molar-refractivity contribution in [3.63, 3.8) is 0 Å². The highest BCUT2D eigenvalue weighted by atomic mass is 35.5. The first kappa shape index (κ1) is 18.1. The van der Waals surface area contributed by atoms with Crippen molar-refractivity contribution in [1.82, 2.24) is 9.97 Å². The Morgan fingerprint density at radius 1 is 1.48 bits per heavy atom. The minimum Gasteiger partial charge on any atom is -0.497 e. The molecule has 0 radical (unpaired) electrons. The van der Waals surface area contributed by atoms with Crippen molar-refractivity contribution in [2.75, 3.05) is 13.4 Å². The van der Waals surface area contributed by atoms with Gasteiger partial charge in [0.15, 0.2) is 0 Å². The monoisotopic (exact) mass is 395 g/mol. The number of pyridine rings is 1. The van der Waals surface area contributed by atoms with Crippen molar-refractivity contribution in [3.05, 3.63) is 64.1 Å². The van der Waals surface area contributed by atoms with E-state index >= 15 is 0 Å². The Kier molecular flexibility index (Phi) is 5.56. The van der Waals surface area contributed by atoms with Crippen molar-refractivity contribution < 1.29 is 8.95 Å². The molecule has 0 saturated carbocycles. The predicted molar refractivity (Wildman–Crippen MR) is 103 cm³/mol. The van der Waals surface area contributed by atoms with Crippen LogP contribution in [0.25, 0.3) is 0 Å². The van der Waals surface area contributed by atoms with Gasteiger partial charge < -0.3 is 4.74 Å². The van der Waals surface area contributed by atoms with E-state index in [0.29, 0.717) is 16.0 Å². The molecule has 8 heteroatoms. The number of thiazole rings is 1. The summed E-state index contributed by atoms with van der Waals surface area (Å²) in [5.41, 5.74) is 1.78. The zero-order valence-corrected chi connectivity index (χ0v) is 16.3. The van der Waals surface area contributed by atoms with Crippen LogP contribution < -0.4 is 0 Å². The van der Waals surface area contributed by atoms with Gasteiger partial charge in [-0.2, -0.15) is 4.36 Å². The molecule has 2 atom stereocenters. The van der Waals surface area contributed by atoms with E-state index in [-0.39, 0.29) is 5.92 Å². The maximum Gasteiger partial charge on any atom is 0.217 e. The fraction of sp³-hybridized carbons (Fsp3) is 0.294. The summed E-state index contributed by atoms with van der Waals surface area (Å²) >= 11 is 7.19. The predicted octanol–water partition coefficient (Wildman–Crippen LogP) is 4.69. The standard InChI is InChI=1S/C17H18ClN3O2S2/c1-23-14-6-4-13(5-7-14)15-10-24-17(20-15)21-25(2,22)11-12-3-8-16(18)19-9-12/h3-4,6-10,13H,5,11H2,1-2H3. The average Bonchev–Trinajstić information content (AvgIpc) is 3.04. The van der Waals surface area contributed by atoms with Crippen LogP contribution in [0.1, 0.15) is 23.6 Å². The number of methoxy groups -OCH3 is 1. The summed E-state index contributed by atoms with van der Waals surface area (Å²) in [6.45, 7) is 0. The Hall–Kier alpha value is -1.70. The van der Waals surface area contributed by atoms with Gasteiger partial charge in [0.1, 0.15) is 10.9 Å². The third-order valence-corrected chi connectivity index (χ3v) is 6.21. The molecule has 2 aromatic rings. The molecule has 0 aliphatic heterocycles. The number of halogens is 1. The van der Waals surface area contributed by atoms with Gasteiger partial charge in [-0.1, -0.05) is 23.7 Å². The van der Waals surface area contributed by atoms with Crippen molar-refractivity contribution >= 4 is 37.8 Å². The van der Waals surface area contributed by atoms with E-state index in [9.17, 15) is 4.21 Å². The molecule has 5 nitrogen and oxygen atoms in total. The summed E-state index contributed by atoms with van der Waals surface area (Å²) in [5.74, 6) is 1.38. The molecule has 2 heterocycles. The molecule has 0 saturated heterocycles. The van der Waals surface area contributed by atoms with Crippen molar-refractivity contribution in [2.24, 2.45) is 4.36 Å². The van der Waals surface area contributed by atoms with Crippen molar-refractivity contribution in [2.45, 2.75) is 18.1 Å². The van der Waals surface area contributed by atoms with Crippen LogP contribution in [0, 0.1) is 0 Å². The van der Waals surface area contributed by atoms with Crippen LogP contribution in [0.5, 0.6) is 0 Å². The third-order valence-electron chi connectivity index (χ3n) is 3.69. The molecule has 0 fully saturated rings. The second-order valence-corrected chi connectivity index (χ2v) is 9.36. The number of rotatable bonds is 5. The van der Waals surface area contributed by atoms with E-state index in [1.807, 2.05) is 23.6 Å². The average molecular weight is 396 g/mol. The lowest BCUT2D eigenvalue weighted by molar-refractivity contribution is 0.303. The van der Waals surface area contributed by atoms with Gasteiger partial charge in [-0.15, -0.1) is 11.3 Å². The Morgan fingerprint density at radius 3 is 2.96 bits per heavy atom. The molecule has 1 aliphatic rings. The van der Waals surface area contributed by atoms with Gasteiger partial charge in [-0.3, -0.25) is 0 Å². The summed E-state index contributed by atoms with van der Waals surface area (Å²) in [7, 11) is -0.784. The van der Waals surface area contributed by atoms with Crippen LogP contribution in [0.4, 0.5) is 5.13 Å². The van der Waals surface area contributed by atoms with Gasteiger partial charge in [0.2, 0.25) is 5.13 Å². The van der Waals surface area contributed by atoms with Gasteiger partial charge in [0, 0.05) is 23.8 Å². The number of nitrogens with zero attached hydrogens (tertiary/aromatic N) is 3. The molecule has 25 heavy (non-hydrogen) atoms. The zero-order valence-electron chi connectivity index (χ0n) is 13.9. The molecule has 0 bridgehead atoms. The Morgan fingerprint density at radius 2 is 2.32 bits per heavy atom. The molecule has 2 aromatic heterocycles. The maximum absolute atomic E-state index is 12.8. The number of ether oxygens (including phenoxy) is 1. The van der Waals surface area contributed by atoms with Crippen LogP contribution in [0.2, 0.25) is 5.15 Å². The normalized spacial score (nSPS) is 19.2. The minimum atomic E-state index is -2.44. The highest BCUT2D eigenvalue weighted by Gasteiger charge is 2.15. The summed E-state index contributed by atoms with van der Waals surface area (Å²) in [4.78, 5) is 8.55. The largest absolute Gasteiger partial charge is 0.497 e. The molecule has 0 N–H and O–H groups in total. The molecule has 2 unspecified atom stereocenters. The van der Waals surface area contributed by atoms with Crippen molar-refractivity contribution in [1.29, 1.82) is 0 Å². The van der Waals surface area contributed by atoms with Gasteiger partial charge >= 0.3 is 0 Å². The van der Waals surface area contributed by atoms with Gasteiger partial charge in [-0.25, -0.2) is 14.2 Å². The smallest absolute Gasteiger partial charge is 0.217 e. The summed E-state index contributed by atoms with van der Waals surface area (Å²) < 4.78 is 22.3. The third kappa shape index (κ3) is 4.90. The summed E-state index contributed by atoms with van der Waals surface area (Å²) in [6, 6.07) is 3.50. The van der Waals surface area contributed by atoms with Crippen LogP contribution in [-0.2, 0) is 20.2 Å². The van der Waals surface area contributed by atoms with Crippen LogP contribution in [-0.4, -0.2) is 27.5 Å². The van der Waals surface area contributed by atoms with E-state index in [1.54, 1.807) is 25.6 Å². The van der Waals surface area contributed by atoms with E-state index < -0.39 is 9.73 Å². The zero-order chi connectivity index (χ0) is 17.9. The first-order valence-electron chi connectivity index (χ1n) is 7.63. The minimum absolute atomic E-state index is 0.201. The molecule has 0 spiro atoms. The Labute approximate surface area is 156 Å². The number of hydrogen-bond acceptors (Lipinski definition) is 6. The fourth-order valence-corrected chi connectivity index (χ4v) is 5.05. The molecule has 1 aliphatic carbocycles. The Bertz CT molecular complexity index is 926. The van der Waals surface area contributed by atoms with E-state index in [4.69, 9.17) is 16.3 Å². The van der Waals surface area contributed by atoms with E-state index in [2.05, 4.69) is 20.4 Å². The quantitative estimate of drug-likeness (QED) is 0.688. The molecule has 0 amide bonds. The van der Waals surface area contributed by atoms with Crippen LogP contribution >= 0.6 is 22.9 Å². The van der Waals surface area contributed by atoms with Gasteiger partial charge in [0.25, 0.3) is 0 Å². The Balaban J connectivity index is 1.74. The SMILES string of the molecule is COC1=CCC(c2csc(N=S(C)(=O)Cc3ccc(Cl)nc3)n2)C=C1. The summed E-state index contributed by atoms with van der Waals surface area (Å²) in [5, 5.41) is 2.93. The summed E-state index contributed by atoms with van der Waals surface area (Å²) in [6.07, 6.45) is 10.1. The van der Waals surface area contributed by atoms with Crippen LogP contribution in [0.3, 0.4) is 0 Å². The van der Waals surface area contributed by atoms with E-state index in [0.717, 1.165) is 23.4 Å². The second-order valence-electron chi connectivity index (χ2n) is 5.75. The number of aromatic nitrogens is 2. The van der Waals surface area contributed by atoms with Gasteiger partial charge in [0.05, 0.1) is 28.3 Å².